The number of halogens is 2. The zero-order chi connectivity index (χ0) is 41.3. The monoisotopic (exact) mass is 852 g/mol. The van der Waals surface area contributed by atoms with Crippen molar-refractivity contribution < 1.29 is 29.0 Å². The van der Waals surface area contributed by atoms with E-state index in [9.17, 15) is 24.6 Å². The number of amides is 3. The Morgan fingerprint density at radius 3 is 2.05 bits per heavy atom. The number of imide groups is 1. The Balaban J connectivity index is 1.36. The second-order valence-electron chi connectivity index (χ2n) is 14.2. The molecule has 0 bridgehead atoms. The smallest absolute Gasteiger partial charge is 0.422 e. The van der Waals surface area contributed by atoms with Crippen LogP contribution < -0.4 is 15.1 Å². The summed E-state index contributed by atoms with van der Waals surface area (Å²) in [6.45, 7) is 2.37. The molecule has 1 aliphatic rings. The third-order valence-electron chi connectivity index (χ3n) is 10.8. The van der Waals surface area contributed by atoms with E-state index in [1.807, 2.05) is 61.5 Å². The number of pyridine rings is 1. The maximum absolute atomic E-state index is 17.3. The number of carbonyl (C=O) groups is 3. The predicted molar refractivity (Wildman–Crippen MR) is 228 cm³/mol. The molecule has 1 fully saturated rings. The molecule has 1 saturated heterocycles. The average Bonchev–Trinajstić information content (AvgIpc) is 3.86. The zero-order valence-corrected chi connectivity index (χ0v) is 33.4. The zero-order valence-electron chi connectivity index (χ0n) is 31.8. The van der Waals surface area contributed by atoms with Crippen LogP contribution in [-0.2, 0) is 16.6 Å². The van der Waals surface area contributed by atoms with Crippen LogP contribution in [-0.4, -0.2) is 49.8 Å². The second-order valence-corrected chi connectivity index (χ2v) is 15.0. The Kier molecular flexibility index (Phi) is 10.7. The highest BCUT2D eigenvalue weighted by Crippen LogP contribution is 2.48. The van der Waals surface area contributed by atoms with E-state index in [0.29, 0.717) is 53.0 Å². The number of carbonyl (C=O) groups excluding carboxylic acids is 1. The van der Waals surface area contributed by atoms with Crippen LogP contribution in [0.3, 0.4) is 0 Å². The van der Waals surface area contributed by atoms with Crippen molar-refractivity contribution in [1.82, 2.24) is 15.0 Å². The van der Waals surface area contributed by atoms with E-state index < -0.39 is 29.5 Å². The van der Waals surface area contributed by atoms with Crippen LogP contribution in [0.25, 0.3) is 10.8 Å². The molecular formula is C46H38BrFN6O5. The molecule has 0 saturated carbocycles. The highest BCUT2D eigenvalue weighted by Gasteiger charge is 2.43. The molecule has 5 aromatic carbocycles. The normalized spacial score (nSPS) is 13.4. The minimum absolute atomic E-state index is 0.148. The van der Waals surface area contributed by atoms with Crippen LogP contribution in [0, 0.1) is 5.82 Å². The van der Waals surface area contributed by atoms with Crippen molar-refractivity contribution in [2.24, 2.45) is 0 Å². The molecule has 0 spiro atoms. The molecule has 0 aliphatic carbocycles. The SMILES string of the molecule is CCc1cc(C(Nc2ccc3c(N(C(=O)O)C(=O)O)nccc3c2)c2nc(Br)c(C(c3ccccc3)(c3ccccc3)c3ccccc3)[nH]2)c(F)c(N2CCCC2=O)c1. The quantitative estimate of drug-likeness (QED) is 0.0939. The molecule has 1 unspecified atom stereocenters. The molecule has 296 valence electrons. The number of nitrogens with one attached hydrogen (secondary N) is 2. The van der Waals surface area contributed by atoms with Gasteiger partial charge in [0.1, 0.15) is 16.5 Å². The standard InChI is InChI=1S/C46H38BrFN6O5/c1-2-28-25-35(38(48)36(26-28)53-24-12-19-37(53)55)39(50-33-20-21-34-29(27-33)22-23-49-43(34)54(44(56)57)45(58)59)42-51-40(41(47)52-42)46(30-13-6-3-7-14-30,31-15-8-4-9-16-31)32-17-10-5-11-18-32/h3-11,13-18,20-23,25-27,39,50H,2,12,19,24H2,1H3,(H,51,52)(H,56,57)(H,58,59). The molecule has 3 amide bonds. The Morgan fingerprint density at radius 1 is 0.898 bits per heavy atom. The third-order valence-corrected chi connectivity index (χ3v) is 11.4. The number of rotatable bonds is 11. The number of benzene rings is 5. The van der Waals surface area contributed by atoms with Crippen molar-refractivity contribution in [3.05, 3.63) is 183 Å². The van der Waals surface area contributed by atoms with Gasteiger partial charge in [-0.15, -0.1) is 0 Å². The van der Waals surface area contributed by atoms with Gasteiger partial charge < -0.3 is 25.4 Å². The van der Waals surface area contributed by atoms with Gasteiger partial charge in [-0.05, 0) is 86.7 Å². The summed E-state index contributed by atoms with van der Waals surface area (Å²) in [6, 6.07) is 39.4. The minimum Gasteiger partial charge on any atom is -0.464 e. The van der Waals surface area contributed by atoms with Crippen molar-refractivity contribution >= 4 is 62.0 Å². The van der Waals surface area contributed by atoms with E-state index in [0.717, 1.165) is 22.3 Å². The maximum atomic E-state index is 17.3. The first-order valence-electron chi connectivity index (χ1n) is 19.1. The summed E-state index contributed by atoms with van der Waals surface area (Å²) in [7, 11) is 0. The minimum atomic E-state index is -1.70. The number of aryl methyl sites for hydroxylation is 1. The summed E-state index contributed by atoms with van der Waals surface area (Å²) >= 11 is 3.85. The molecule has 7 aromatic rings. The van der Waals surface area contributed by atoms with Gasteiger partial charge in [-0.2, -0.15) is 4.90 Å². The lowest BCUT2D eigenvalue weighted by atomic mass is 9.67. The molecule has 1 atom stereocenters. The van der Waals surface area contributed by atoms with E-state index in [4.69, 9.17) is 4.98 Å². The van der Waals surface area contributed by atoms with Crippen molar-refractivity contribution in [3.8, 4) is 0 Å². The van der Waals surface area contributed by atoms with Crippen molar-refractivity contribution in [1.29, 1.82) is 0 Å². The number of hydrogen-bond donors (Lipinski definition) is 4. The maximum Gasteiger partial charge on any atom is 0.422 e. The van der Waals surface area contributed by atoms with Gasteiger partial charge in [0.05, 0.1) is 16.8 Å². The number of nitrogens with zero attached hydrogens (tertiary/aromatic N) is 4. The number of carboxylic acid groups (broad SMARTS) is 2. The van der Waals surface area contributed by atoms with E-state index in [1.165, 1.54) is 11.1 Å². The van der Waals surface area contributed by atoms with Crippen LogP contribution in [0.15, 0.2) is 138 Å². The van der Waals surface area contributed by atoms with Crippen LogP contribution in [0.2, 0.25) is 0 Å². The number of hydrogen-bond acceptors (Lipinski definition) is 6. The summed E-state index contributed by atoms with van der Waals surface area (Å²) < 4.78 is 17.8. The van der Waals surface area contributed by atoms with Crippen molar-refractivity contribution in [2.75, 3.05) is 21.7 Å². The first kappa shape index (κ1) is 39.0. The van der Waals surface area contributed by atoms with Gasteiger partial charge in [0.2, 0.25) is 5.91 Å². The summed E-state index contributed by atoms with van der Waals surface area (Å²) in [5.41, 5.74) is 4.40. The molecular weight excluding hydrogens is 815 g/mol. The van der Waals surface area contributed by atoms with Gasteiger partial charge in [-0.25, -0.2) is 23.9 Å². The van der Waals surface area contributed by atoms with Gasteiger partial charge in [0.15, 0.2) is 11.6 Å². The number of fused-ring (bicyclic) bond motifs is 1. The lowest BCUT2D eigenvalue weighted by Crippen LogP contribution is -2.35. The molecule has 3 heterocycles. The Hall–Kier alpha value is -6.86. The Bertz CT molecular complexity index is 2590. The number of anilines is 3. The number of aromatic nitrogens is 3. The fraction of sp³-hybridized carbons (Fsp3) is 0.152. The van der Waals surface area contributed by atoms with E-state index in [1.54, 1.807) is 36.4 Å². The van der Waals surface area contributed by atoms with Gasteiger partial charge in [-0.3, -0.25) is 4.79 Å². The van der Waals surface area contributed by atoms with Crippen molar-refractivity contribution in [3.63, 3.8) is 0 Å². The first-order chi connectivity index (χ1) is 28.6. The highest BCUT2D eigenvalue weighted by molar-refractivity contribution is 9.10. The molecule has 13 heteroatoms. The van der Waals surface area contributed by atoms with Crippen LogP contribution >= 0.6 is 15.9 Å². The van der Waals surface area contributed by atoms with E-state index in [-0.39, 0.29) is 33.3 Å². The molecule has 59 heavy (non-hydrogen) atoms. The first-order valence-corrected chi connectivity index (χ1v) is 19.9. The molecule has 8 rings (SSSR count). The fourth-order valence-corrected chi connectivity index (χ4v) is 8.70. The number of H-pyrrole nitrogens is 1. The molecule has 2 aromatic heterocycles. The molecule has 0 radical (unpaired) electrons. The topological polar surface area (TPSA) is 152 Å². The molecule has 4 N–H and O–H groups in total. The second kappa shape index (κ2) is 16.2. The summed E-state index contributed by atoms with van der Waals surface area (Å²) in [6.07, 6.45) is -0.553. The lowest BCUT2D eigenvalue weighted by Gasteiger charge is -2.35. The van der Waals surface area contributed by atoms with Gasteiger partial charge in [0, 0.05) is 35.8 Å². The largest absolute Gasteiger partial charge is 0.464 e. The van der Waals surface area contributed by atoms with Gasteiger partial charge in [0.25, 0.3) is 0 Å². The van der Waals surface area contributed by atoms with Crippen LogP contribution in [0.5, 0.6) is 0 Å². The molecule has 11 nitrogen and oxygen atoms in total. The number of imidazole rings is 1. The van der Waals surface area contributed by atoms with Gasteiger partial charge in [-0.1, -0.05) is 104 Å². The van der Waals surface area contributed by atoms with Gasteiger partial charge >= 0.3 is 12.2 Å². The Morgan fingerprint density at radius 2 is 1.51 bits per heavy atom. The van der Waals surface area contributed by atoms with E-state index >= 15 is 4.39 Å². The van der Waals surface area contributed by atoms with Crippen LogP contribution in [0.1, 0.15) is 65.1 Å². The van der Waals surface area contributed by atoms with E-state index in [2.05, 4.69) is 67.6 Å². The Labute approximate surface area is 347 Å². The lowest BCUT2D eigenvalue weighted by molar-refractivity contribution is -0.117. The summed E-state index contributed by atoms with van der Waals surface area (Å²) in [4.78, 5) is 51.4. The summed E-state index contributed by atoms with van der Waals surface area (Å²) in [5, 5.41) is 23.6. The average molecular weight is 854 g/mol. The van der Waals surface area contributed by atoms with Crippen LogP contribution in [0.4, 0.5) is 31.2 Å². The number of aromatic amines is 1. The third kappa shape index (κ3) is 7.07. The summed E-state index contributed by atoms with van der Waals surface area (Å²) in [5.74, 6) is -0.630. The highest BCUT2D eigenvalue weighted by atomic mass is 79.9. The van der Waals surface area contributed by atoms with Crippen molar-refractivity contribution in [2.45, 2.75) is 37.6 Å². The fourth-order valence-electron chi connectivity index (χ4n) is 8.11. The molecule has 1 aliphatic heterocycles. The predicted octanol–water partition coefficient (Wildman–Crippen LogP) is 10.3.